The van der Waals surface area contributed by atoms with Gasteiger partial charge in [0.15, 0.2) is 0 Å². The van der Waals surface area contributed by atoms with Gasteiger partial charge in [0, 0.05) is 16.0 Å². The molecule has 0 aliphatic carbocycles. The van der Waals surface area contributed by atoms with Crippen molar-refractivity contribution in [2.45, 2.75) is 11.8 Å². The summed E-state index contributed by atoms with van der Waals surface area (Å²) in [6.07, 6.45) is 0. The number of nitrogens with zero attached hydrogens (tertiary/aromatic N) is 1. The van der Waals surface area contributed by atoms with E-state index in [1.807, 2.05) is 37.3 Å². The number of H-pyrrole nitrogens is 1. The number of rotatable bonds is 3. The molecule has 0 amide bonds. The minimum atomic E-state index is -3.77. The summed E-state index contributed by atoms with van der Waals surface area (Å²) in [4.78, 5) is 21.9. The first-order valence-corrected chi connectivity index (χ1v) is 10.4. The normalized spacial score (nSPS) is 11.8. The van der Waals surface area contributed by atoms with Crippen LogP contribution in [0.1, 0.15) is 4.88 Å². The molecule has 136 valence electrons. The fourth-order valence-corrected chi connectivity index (χ4v) is 4.57. The number of sulfonamides is 1. The summed E-state index contributed by atoms with van der Waals surface area (Å²) in [7, 11) is -3.77. The Kier molecular flexibility index (Phi) is 4.18. The van der Waals surface area contributed by atoms with E-state index in [2.05, 4.69) is 9.97 Å². The molecule has 8 heteroatoms. The predicted molar refractivity (Wildman–Crippen MR) is 107 cm³/mol. The molecule has 0 atom stereocenters. The fourth-order valence-electron chi connectivity index (χ4n) is 3.01. The SMILES string of the molecule is Cc1sc2nc(-c3ccc(S(N)(=O)=O)cc3)[nH]c(=O)c2c1-c1ccccc1. The van der Waals surface area contributed by atoms with Crippen LogP contribution >= 0.6 is 11.3 Å². The second kappa shape index (κ2) is 6.41. The van der Waals surface area contributed by atoms with E-state index >= 15 is 0 Å². The molecule has 2 aromatic carbocycles. The molecule has 2 heterocycles. The lowest BCUT2D eigenvalue weighted by molar-refractivity contribution is 0.598. The lowest BCUT2D eigenvalue weighted by Gasteiger charge is -2.04. The third-order valence-corrected chi connectivity index (χ3v) is 6.19. The van der Waals surface area contributed by atoms with Crippen LogP contribution in [0.5, 0.6) is 0 Å². The summed E-state index contributed by atoms with van der Waals surface area (Å²) in [5.41, 5.74) is 2.24. The van der Waals surface area contributed by atoms with Crippen molar-refractivity contribution in [1.82, 2.24) is 9.97 Å². The van der Waals surface area contributed by atoms with E-state index in [-0.39, 0.29) is 10.5 Å². The average Bonchev–Trinajstić information content (AvgIpc) is 2.98. The number of nitrogens with two attached hydrogens (primary N) is 1. The van der Waals surface area contributed by atoms with Gasteiger partial charge in [0.25, 0.3) is 5.56 Å². The molecule has 0 bridgehead atoms. The zero-order valence-electron chi connectivity index (χ0n) is 14.3. The van der Waals surface area contributed by atoms with Gasteiger partial charge in [-0.2, -0.15) is 0 Å². The first-order chi connectivity index (χ1) is 12.8. The third kappa shape index (κ3) is 3.18. The maximum atomic E-state index is 12.8. The zero-order valence-corrected chi connectivity index (χ0v) is 15.9. The number of fused-ring (bicyclic) bond motifs is 1. The number of aryl methyl sites for hydroxylation is 1. The highest BCUT2D eigenvalue weighted by Gasteiger charge is 2.17. The Balaban J connectivity index is 1.88. The number of hydrogen-bond acceptors (Lipinski definition) is 5. The molecule has 6 nitrogen and oxygen atoms in total. The lowest BCUT2D eigenvalue weighted by Crippen LogP contribution is -2.12. The summed E-state index contributed by atoms with van der Waals surface area (Å²) in [6.45, 7) is 1.97. The third-order valence-electron chi connectivity index (χ3n) is 4.26. The van der Waals surface area contributed by atoms with Crippen LogP contribution in [-0.4, -0.2) is 18.4 Å². The summed E-state index contributed by atoms with van der Waals surface area (Å²) in [5.74, 6) is 0.384. The maximum Gasteiger partial charge on any atom is 0.260 e. The smallest absolute Gasteiger partial charge is 0.260 e. The second-order valence-corrected chi connectivity index (χ2v) is 8.83. The van der Waals surface area contributed by atoms with Crippen molar-refractivity contribution in [2.24, 2.45) is 5.14 Å². The minimum absolute atomic E-state index is 0.00741. The molecule has 0 radical (unpaired) electrons. The number of nitrogens with one attached hydrogen (secondary N) is 1. The molecule has 27 heavy (non-hydrogen) atoms. The van der Waals surface area contributed by atoms with Crippen molar-refractivity contribution in [1.29, 1.82) is 0 Å². The molecule has 4 rings (SSSR count). The van der Waals surface area contributed by atoms with Gasteiger partial charge < -0.3 is 4.98 Å². The van der Waals surface area contributed by atoms with Crippen molar-refractivity contribution < 1.29 is 8.42 Å². The van der Waals surface area contributed by atoms with Gasteiger partial charge in [-0.3, -0.25) is 4.79 Å². The Morgan fingerprint density at radius 3 is 2.30 bits per heavy atom. The summed E-state index contributed by atoms with van der Waals surface area (Å²) >= 11 is 1.46. The number of primary sulfonamides is 1. The molecule has 3 N–H and O–H groups in total. The quantitative estimate of drug-likeness (QED) is 0.553. The van der Waals surface area contributed by atoms with Crippen molar-refractivity contribution in [3.63, 3.8) is 0 Å². The highest BCUT2D eigenvalue weighted by Crippen LogP contribution is 2.36. The molecule has 0 saturated carbocycles. The van der Waals surface area contributed by atoms with Gasteiger partial charge in [-0.25, -0.2) is 18.5 Å². The summed E-state index contributed by atoms with van der Waals surface area (Å²) in [6, 6.07) is 15.7. The monoisotopic (exact) mass is 397 g/mol. The predicted octanol–water partition coefficient (Wildman–Crippen LogP) is 3.27. The van der Waals surface area contributed by atoms with Crippen LogP contribution in [0.4, 0.5) is 0 Å². The fraction of sp³-hybridized carbons (Fsp3) is 0.0526. The Hall–Kier alpha value is -2.81. The minimum Gasteiger partial charge on any atom is -0.306 e. The van der Waals surface area contributed by atoms with Crippen molar-refractivity contribution in [3.05, 3.63) is 69.8 Å². The molecule has 0 aliphatic rings. The van der Waals surface area contributed by atoms with E-state index in [1.165, 1.54) is 23.5 Å². The van der Waals surface area contributed by atoms with E-state index in [1.54, 1.807) is 12.1 Å². The molecule has 0 saturated heterocycles. The van der Waals surface area contributed by atoms with Gasteiger partial charge in [-0.15, -0.1) is 11.3 Å². The van der Waals surface area contributed by atoms with Crippen LogP contribution in [-0.2, 0) is 10.0 Å². The molecule has 0 fully saturated rings. The molecule has 0 spiro atoms. The average molecular weight is 397 g/mol. The van der Waals surface area contributed by atoms with Gasteiger partial charge in [0.2, 0.25) is 10.0 Å². The van der Waals surface area contributed by atoms with Gasteiger partial charge >= 0.3 is 0 Å². The number of hydrogen-bond donors (Lipinski definition) is 2. The molecular formula is C19H15N3O3S2. The van der Waals surface area contributed by atoms with Gasteiger partial charge in [-0.1, -0.05) is 30.3 Å². The number of aromatic nitrogens is 2. The van der Waals surface area contributed by atoms with E-state index in [0.717, 1.165) is 16.0 Å². The Bertz CT molecular complexity index is 1310. The van der Waals surface area contributed by atoms with Crippen LogP contribution < -0.4 is 10.7 Å². The van der Waals surface area contributed by atoms with Crippen LogP contribution in [0.2, 0.25) is 0 Å². The van der Waals surface area contributed by atoms with Crippen LogP contribution in [0, 0.1) is 6.92 Å². The van der Waals surface area contributed by atoms with Crippen LogP contribution in [0.15, 0.2) is 64.3 Å². The Morgan fingerprint density at radius 1 is 1.00 bits per heavy atom. The first kappa shape index (κ1) is 17.6. The van der Waals surface area contributed by atoms with Gasteiger partial charge in [-0.05, 0) is 36.8 Å². The van der Waals surface area contributed by atoms with Gasteiger partial charge in [0.05, 0.1) is 10.3 Å². The van der Waals surface area contributed by atoms with E-state index in [0.29, 0.717) is 21.6 Å². The van der Waals surface area contributed by atoms with E-state index in [4.69, 9.17) is 5.14 Å². The molecule has 0 aliphatic heterocycles. The summed E-state index contributed by atoms with van der Waals surface area (Å²) in [5, 5.41) is 5.68. The first-order valence-electron chi connectivity index (χ1n) is 8.06. The number of aromatic amines is 1. The standard InChI is InChI=1S/C19H15N3O3S2/c1-11-15(12-5-3-2-4-6-12)16-18(23)21-17(22-19(16)26-11)13-7-9-14(10-8-13)27(20,24)25/h2-10H,1H3,(H2,20,24,25)(H,21,22,23). The van der Waals surface area contributed by atoms with E-state index < -0.39 is 10.0 Å². The Morgan fingerprint density at radius 2 is 1.67 bits per heavy atom. The topological polar surface area (TPSA) is 106 Å². The number of benzene rings is 2. The Labute approximate surface area is 159 Å². The van der Waals surface area contributed by atoms with Gasteiger partial charge in [0.1, 0.15) is 10.7 Å². The van der Waals surface area contributed by atoms with E-state index in [9.17, 15) is 13.2 Å². The second-order valence-electron chi connectivity index (χ2n) is 6.06. The van der Waals surface area contributed by atoms with Crippen molar-refractivity contribution in [2.75, 3.05) is 0 Å². The zero-order chi connectivity index (χ0) is 19.2. The van der Waals surface area contributed by atoms with Crippen LogP contribution in [0.25, 0.3) is 32.7 Å². The molecule has 2 aromatic heterocycles. The molecule has 0 unspecified atom stereocenters. The number of thiophene rings is 1. The highest BCUT2D eigenvalue weighted by atomic mass is 32.2. The maximum absolute atomic E-state index is 12.8. The van der Waals surface area contributed by atoms with Crippen LogP contribution in [0.3, 0.4) is 0 Å². The highest BCUT2D eigenvalue weighted by molar-refractivity contribution is 7.89. The largest absolute Gasteiger partial charge is 0.306 e. The van der Waals surface area contributed by atoms with Crippen molar-refractivity contribution in [3.8, 4) is 22.5 Å². The summed E-state index contributed by atoms with van der Waals surface area (Å²) < 4.78 is 22.8. The lowest BCUT2D eigenvalue weighted by atomic mass is 10.0. The van der Waals surface area contributed by atoms with Crippen molar-refractivity contribution >= 4 is 31.6 Å². The molecular weight excluding hydrogens is 382 g/mol. The molecule has 4 aromatic rings.